The highest BCUT2D eigenvalue weighted by atomic mass is 19.1. The number of carbonyl (C=O) groups is 1. The second-order valence-electron chi connectivity index (χ2n) is 6.80. The van der Waals surface area contributed by atoms with Gasteiger partial charge in [-0.2, -0.15) is 0 Å². The van der Waals surface area contributed by atoms with Crippen molar-refractivity contribution in [1.82, 2.24) is 10.3 Å². The topological polar surface area (TPSA) is 62.0 Å². The van der Waals surface area contributed by atoms with E-state index in [1.807, 2.05) is 0 Å². The van der Waals surface area contributed by atoms with Gasteiger partial charge in [0.25, 0.3) is 5.56 Å². The zero-order chi connectivity index (χ0) is 20.6. The molecule has 0 aliphatic carbocycles. The van der Waals surface area contributed by atoms with Gasteiger partial charge >= 0.3 is 0 Å². The van der Waals surface area contributed by atoms with Crippen molar-refractivity contribution in [2.75, 3.05) is 0 Å². The van der Waals surface area contributed by atoms with Crippen molar-refractivity contribution in [2.24, 2.45) is 0 Å². The third-order valence-electron chi connectivity index (χ3n) is 4.90. The third-order valence-corrected chi connectivity index (χ3v) is 4.90. The lowest BCUT2D eigenvalue weighted by Gasteiger charge is -2.20. The summed E-state index contributed by atoms with van der Waals surface area (Å²) in [5.41, 5.74) is 0.874. The molecule has 0 bridgehead atoms. The van der Waals surface area contributed by atoms with Gasteiger partial charge in [-0.25, -0.2) is 13.2 Å². The zero-order valence-electron chi connectivity index (χ0n) is 15.6. The van der Waals surface area contributed by atoms with Gasteiger partial charge in [0.05, 0.1) is 12.0 Å². The van der Waals surface area contributed by atoms with E-state index in [0.717, 1.165) is 12.1 Å². The van der Waals surface area contributed by atoms with Crippen LogP contribution in [0.15, 0.2) is 41.2 Å². The number of rotatable bonds is 4. The SMILES string of the molecule is Cc1c(C(C)C(=O)N[C@@H](C)c2ccc(F)cc2F)c(=O)[nH]c2ccc(F)cc12. The van der Waals surface area contributed by atoms with Crippen molar-refractivity contribution in [3.05, 3.63) is 80.9 Å². The molecule has 3 rings (SSSR count). The molecule has 146 valence electrons. The summed E-state index contributed by atoms with van der Waals surface area (Å²) in [5.74, 6) is -3.29. The molecule has 1 heterocycles. The Labute approximate surface area is 159 Å². The maximum absolute atomic E-state index is 13.9. The number of nitrogens with one attached hydrogen (secondary N) is 2. The summed E-state index contributed by atoms with van der Waals surface area (Å²) in [5, 5.41) is 3.15. The molecule has 1 amide bonds. The van der Waals surface area contributed by atoms with Crippen LogP contribution in [-0.2, 0) is 4.79 Å². The minimum atomic E-state index is -0.859. The highest BCUT2D eigenvalue weighted by Crippen LogP contribution is 2.25. The zero-order valence-corrected chi connectivity index (χ0v) is 15.6. The van der Waals surface area contributed by atoms with Gasteiger partial charge in [0.15, 0.2) is 0 Å². The van der Waals surface area contributed by atoms with E-state index in [1.54, 1.807) is 20.8 Å². The fraction of sp³-hybridized carbons (Fsp3) is 0.238. The first-order valence-corrected chi connectivity index (χ1v) is 8.76. The van der Waals surface area contributed by atoms with Gasteiger partial charge in [-0.3, -0.25) is 9.59 Å². The van der Waals surface area contributed by atoms with Crippen LogP contribution in [0.1, 0.15) is 42.5 Å². The number of carbonyl (C=O) groups excluding carboxylic acids is 1. The Balaban J connectivity index is 1.92. The number of aryl methyl sites for hydroxylation is 1. The number of pyridine rings is 1. The molecule has 0 aliphatic rings. The Morgan fingerprint density at radius 3 is 2.36 bits per heavy atom. The number of hydrogen-bond donors (Lipinski definition) is 2. The molecule has 2 aromatic carbocycles. The highest BCUT2D eigenvalue weighted by Gasteiger charge is 2.24. The van der Waals surface area contributed by atoms with E-state index in [-0.39, 0.29) is 11.1 Å². The monoisotopic (exact) mass is 388 g/mol. The van der Waals surface area contributed by atoms with Crippen molar-refractivity contribution >= 4 is 16.8 Å². The molecule has 4 nitrogen and oxygen atoms in total. The van der Waals surface area contributed by atoms with Crippen LogP contribution in [0.3, 0.4) is 0 Å². The average molecular weight is 388 g/mol. The van der Waals surface area contributed by atoms with Crippen molar-refractivity contribution < 1.29 is 18.0 Å². The van der Waals surface area contributed by atoms with Crippen LogP contribution in [0.4, 0.5) is 13.2 Å². The second-order valence-corrected chi connectivity index (χ2v) is 6.80. The summed E-state index contributed by atoms with van der Waals surface area (Å²) in [6.45, 7) is 4.76. The van der Waals surface area contributed by atoms with Crippen LogP contribution in [-0.4, -0.2) is 10.9 Å². The van der Waals surface area contributed by atoms with Crippen molar-refractivity contribution in [2.45, 2.75) is 32.7 Å². The van der Waals surface area contributed by atoms with E-state index < -0.39 is 40.9 Å². The fourth-order valence-electron chi connectivity index (χ4n) is 3.36. The molecule has 0 saturated heterocycles. The molecule has 0 spiro atoms. The molecule has 3 aromatic rings. The van der Waals surface area contributed by atoms with Gasteiger partial charge in [-0.05, 0) is 50.6 Å². The van der Waals surface area contributed by atoms with E-state index in [9.17, 15) is 22.8 Å². The summed E-state index contributed by atoms with van der Waals surface area (Å²) >= 11 is 0. The molecule has 7 heteroatoms. The Bertz CT molecular complexity index is 1120. The molecule has 2 N–H and O–H groups in total. The molecular weight excluding hydrogens is 369 g/mol. The lowest BCUT2D eigenvalue weighted by atomic mass is 9.94. The van der Waals surface area contributed by atoms with Crippen molar-refractivity contribution in [3.8, 4) is 0 Å². The highest BCUT2D eigenvalue weighted by molar-refractivity contribution is 5.88. The predicted octanol–water partition coefficient (Wildman–Crippen LogP) is 4.23. The van der Waals surface area contributed by atoms with Crippen LogP contribution in [0.2, 0.25) is 0 Å². The summed E-state index contributed by atoms with van der Waals surface area (Å²) in [6, 6.07) is 6.39. The van der Waals surface area contributed by atoms with Crippen LogP contribution < -0.4 is 10.9 Å². The van der Waals surface area contributed by atoms with E-state index in [1.165, 1.54) is 24.3 Å². The number of H-pyrrole nitrogens is 1. The minimum Gasteiger partial charge on any atom is -0.349 e. The van der Waals surface area contributed by atoms with Gasteiger partial charge in [0.1, 0.15) is 17.5 Å². The molecule has 1 aromatic heterocycles. The standard InChI is InChI=1S/C21H19F3N2O2/c1-10-16-8-13(22)5-7-18(16)26-21(28)19(10)11(2)20(27)25-12(3)15-6-4-14(23)9-17(15)24/h4-9,11-12H,1-3H3,(H,25,27)(H,26,28)/t11?,12-/m0/s1. The maximum Gasteiger partial charge on any atom is 0.252 e. The average Bonchev–Trinajstić information content (AvgIpc) is 2.62. The number of hydrogen-bond acceptors (Lipinski definition) is 2. The van der Waals surface area contributed by atoms with E-state index in [4.69, 9.17) is 0 Å². The van der Waals surface area contributed by atoms with Crippen LogP contribution in [0, 0.1) is 24.4 Å². The molecule has 0 saturated carbocycles. The van der Waals surface area contributed by atoms with E-state index in [2.05, 4.69) is 10.3 Å². The number of amides is 1. The fourth-order valence-corrected chi connectivity index (χ4v) is 3.36. The van der Waals surface area contributed by atoms with Crippen LogP contribution >= 0.6 is 0 Å². The second kappa shape index (κ2) is 7.50. The summed E-state index contributed by atoms with van der Waals surface area (Å²) in [6.07, 6.45) is 0. The Morgan fingerprint density at radius 1 is 1.04 bits per heavy atom. The Kier molecular flexibility index (Phi) is 5.27. The molecule has 28 heavy (non-hydrogen) atoms. The Morgan fingerprint density at radius 2 is 1.68 bits per heavy atom. The summed E-state index contributed by atoms with van der Waals surface area (Å²) < 4.78 is 40.6. The molecule has 0 radical (unpaired) electrons. The summed E-state index contributed by atoms with van der Waals surface area (Å²) in [4.78, 5) is 27.8. The maximum atomic E-state index is 13.9. The van der Waals surface area contributed by atoms with Crippen LogP contribution in [0.25, 0.3) is 10.9 Å². The van der Waals surface area contributed by atoms with Crippen molar-refractivity contribution in [1.29, 1.82) is 0 Å². The normalized spacial score (nSPS) is 13.4. The first-order valence-electron chi connectivity index (χ1n) is 8.76. The first-order chi connectivity index (χ1) is 13.2. The van der Waals surface area contributed by atoms with E-state index >= 15 is 0 Å². The molecule has 2 atom stereocenters. The van der Waals surface area contributed by atoms with Gasteiger partial charge in [0.2, 0.25) is 5.91 Å². The van der Waals surface area contributed by atoms with Gasteiger partial charge < -0.3 is 10.3 Å². The lowest BCUT2D eigenvalue weighted by Crippen LogP contribution is -2.33. The quantitative estimate of drug-likeness (QED) is 0.703. The van der Waals surface area contributed by atoms with Gasteiger partial charge in [-0.1, -0.05) is 6.07 Å². The Hall–Kier alpha value is -3.09. The van der Waals surface area contributed by atoms with Crippen molar-refractivity contribution in [3.63, 3.8) is 0 Å². The largest absolute Gasteiger partial charge is 0.349 e. The number of aromatic nitrogens is 1. The number of benzene rings is 2. The van der Waals surface area contributed by atoms with Gasteiger partial charge in [-0.15, -0.1) is 0 Å². The third kappa shape index (κ3) is 3.65. The predicted molar refractivity (Wildman–Crippen MR) is 101 cm³/mol. The molecule has 0 aliphatic heterocycles. The molecular formula is C21H19F3N2O2. The lowest BCUT2D eigenvalue weighted by molar-refractivity contribution is -0.122. The number of halogens is 3. The molecule has 1 unspecified atom stereocenters. The first kappa shape index (κ1) is 19.7. The van der Waals surface area contributed by atoms with E-state index in [0.29, 0.717) is 16.5 Å². The molecule has 0 fully saturated rings. The van der Waals surface area contributed by atoms with Gasteiger partial charge in [0, 0.05) is 28.1 Å². The minimum absolute atomic E-state index is 0.133. The number of aromatic amines is 1. The smallest absolute Gasteiger partial charge is 0.252 e. The number of fused-ring (bicyclic) bond motifs is 1. The van der Waals surface area contributed by atoms with Crippen LogP contribution in [0.5, 0.6) is 0 Å². The summed E-state index contributed by atoms with van der Waals surface area (Å²) in [7, 11) is 0.